The predicted octanol–water partition coefficient (Wildman–Crippen LogP) is 2.51. The van der Waals surface area contributed by atoms with E-state index >= 15 is 0 Å². The third-order valence-electron chi connectivity index (χ3n) is 4.36. The maximum atomic E-state index is 12.0. The Morgan fingerprint density at radius 3 is 2.38 bits per heavy atom. The van der Waals surface area contributed by atoms with E-state index in [1.165, 1.54) is 6.07 Å². The van der Waals surface area contributed by atoms with Crippen molar-refractivity contribution in [1.82, 2.24) is 9.97 Å². The van der Waals surface area contributed by atoms with E-state index in [9.17, 15) is 19.8 Å². The number of nitrogens with zero attached hydrogens (tertiary/aromatic N) is 2. The number of aromatic hydroxyl groups is 2. The average Bonchev–Trinajstić information content (AvgIpc) is 2.74. The molecule has 0 saturated carbocycles. The van der Waals surface area contributed by atoms with Gasteiger partial charge < -0.3 is 20.8 Å². The minimum Gasteiger partial charge on any atom is -0.508 e. The van der Waals surface area contributed by atoms with E-state index in [0.29, 0.717) is 17.1 Å². The molecule has 1 heterocycles. The molecule has 4 aromatic rings. The van der Waals surface area contributed by atoms with Gasteiger partial charge in [0.1, 0.15) is 22.9 Å². The lowest BCUT2D eigenvalue weighted by molar-refractivity contribution is 0.474. The second-order valence-electron chi connectivity index (χ2n) is 6.36. The number of benzene rings is 2. The van der Waals surface area contributed by atoms with Crippen molar-refractivity contribution in [3.05, 3.63) is 86.9 Å². The van der Waals surface area contributed by atoms with Crippen LogP contribution in [0.5, 0.6) is 11.5 Å². The number of hydrogen-bond acceptors (Lipinski definition) is 8. The topological polar surface area (TPSA) is 124 Å². The zero-order valence-electron chi connectivity index (χ0n) is 15.1. The summed E-state index contributed by atoms with van der Waals surface area (Å²) in [7, 11) is 0. The molecule has 0 fully saturated rings. The molecule has 0 unspecified atom stereocenters. The highest BCUT2D eigenvalue weighted by molar-refractivity contribution is 5.80. The molecule has 8 heteroatoms. The number of phenols is 2. The molecular formula is C21H16N4O4. The molecule has 4 rings (SSSR count). The molecule has 0 aliphatic heterocycles. The lowest BCUT2D eigenvalue weighted by Gasteiger charge is -2.16. The minimum atomic E-state index is -0.631. The lowest BCUT2D eigenvalue weighted by atomic mass is 10.1. The zero-order chi connectivity index (χ0) is 20.4. The van der Waals surface area contributed by atoms with Crippen LogP contribution in [0.1, 0.15) is 5.56 Å². The Bertz CT molecular complexity index is 1250. The highest BCUT2D eigenvalue weighted by atomic mass is 16.3. The van der Waals surface area contributed by atoms with E-state index in [-0.39, 0.29) is 29.4 Å². The van der Waals surface area contributed by atoms with Crippen molar-refractivity contribution in [3.63, 3.8) is 0 Å². The summed E-state index contributed by atoms with van der Waals surface area (Å²) >= 11 is 0. The number of rotatable bonds is 6. The van der Waals surface area contributed by atoms with Gasteiger partial charge in [0.2, 0.25) is 0 Å². The van der Waals surface area contributed by atoms with Gasteiger partial charge in [-0.2, -0.15) is 0 Å². The Morgan fingerprint density at radius 1 is 0.862 bits per heavy atom. The monoisotopic (exact) mass is 388 g/mol. The van der Waals surface area contributed by atoms with Gasteiger partial charge in [0.05, 0.1) is 5.56 Å². The largest absolute Gasteiger partial charge is 0.508 e. The molecule has 29 heavy (non-hydrogen) atoms. The molecule has 8 nitrogen and oxygen atoms in total. The summed E-state index contributed by atoms with van der Waals surface area (Å²) in [5, 5.41) is 25.5. The van der Waals surface area contributed by atoms with Gasteiger partial charge >= 0.3 is 0 Å². The van der Waals surface area contributed by atoms with Crippen molar-refractivity contribution in [2.45, 2.75) is 6.54 Å². The molecule has 0 aliphatic carbocycles. The second kappa shape index (κ2) is 7.43. The summed E-state index contributed by atoms with van der Waals surface area (Å²) < 4.78 is 0. The molecule has 0 radical (unpaired) electrons. The summed E-state index contributed by atoms with van der Waals surface area (Å²) in [4.78, 5) is 32.2. The standard InChI is InChI=1S/C21H16N4O4/c26-14-4-1-3-12(9-14)11-24-17-18(20(29)19(17)28)25-13-5-6-16(27)15(10-13)21-22-7-2-8-23-21/h1-10,24-27H,11H2. The Morgan fingerprint density at radius 2 is 1.62 bits per heavy atom. The van der Waals surface area contributed by atoms with Crippen molar-refractivity contribution in [2.75, 3.05) is 10.6 Å². The number of aromatic nitrogens is 2. The van der Waals surface area contributed by atoms with E-state index < -0.39 is 10.9 Å². The molecule has 144 valence electrons. The predicted molar refractivity (Wildman–Crippen MR) is 109 cm³/mol. The van der Waals surface area contributed by atoms with Crippen molar-refractivity contribution in [1.29, 1.82) is 0 Å². The summed E-state index contributed by atoms with van der Waals surface area (Å²) in [6, 6.07) is 12.9. The first-order valence-electron chi connectivity index (χ1n) is 8.75. The average molecular weight is 388 g/mol. The smallest absolute Gasteiger partial charge is 0.253 e. The highest BCUT2D eigenvalue weighted by Gasteiger charge is 2.21. The molecule has 1 aromatic heterocycles. The SMILES string of the molecule is O=c1c(NCc2cccc(O)c2)c(Nc2ccc(O)c(-c3ncccn3)c2)c1=O. The van der Waals surface area contributed by atoms with Crippen molar-refractivity contribution >= 4 is 17.1 Å². The van der Waals surface area contributed by atoms with Gasteiger partial charge in [-0.15, -0.1) is 0 Å². The Balaban J connectivity index is 1.57. The maximum absolute atomic E-state index is 12.0. The fourth-order valence-corrected chi connectivity index (χ4v) is 2.91. The summed E-state index contributed by atoms with van der Waals surface area (Å²) in [5.41, 5.74) is 0.718. The van der Waals surface area contributed by atoms with Gasteiger partial charge in [0.25, 0.3) is 10.9 Å². The Labute approximate surface area is 164 Å². The first kappa shape index (κ1) is 18.2. The third-order valence-corrected chi connectivity index (χ3v) is 4.36. The fourth-order valence-electron chi connectivity index (χ4n) is 2.91. The van der Waals surface area contributed by atoms with Crippen molar-refractivity contribution in [3.8, 4) is 22.9 Å². The first-order chi connectivity index (χ1) is 14.0. The van der Waals surface area contributed by atoms with Crippen molar-refractivity contribution in [2.24, 2.45) is 0 Å². The quantitative estimate of drug-likeness (QED) is 0.293. The van der Waals surface area contributed by atoms with Crippen molar-refractivity contribution < 1.29 is 10.2 Å². The van der Waals surface area contributed by atoms with Gasteiger partial charge in [-0.25, -0.2) is 9.97 Å². The number of nitrogens with one attached hydrogen (secondary N) is 2. The summed E-state index contributed by atoms with van der Waals surface area (Å²) in [6.45, 7) is 0.270. The van der Waals surface area contributed by atoms with Gasteiger partial charge in [-0.1, -0.05) is 12.1 Å². The van der Waals surface area contributed by atoms with Crippen LogP contribution in [0.25, 0.3) is 11.4 Å². The summed E-state index contributed by atoms with van der Waals surface area (Å²) in [6.07, 6.45) is 3.11. The molecule has 0 saturated heterocycles. The van der Waals surface area contributed by atoms with E-state index in [2.05, 4.69) is 20.6 Å². The third kappa shape index (κ3) is 3.63. The van der Waals surface area contributed by atoms with E-state index in [1.807, 2.05) is 0 Å². The molecule has 0 bridgehead atoms. The molecule has 3 aromatic carbocycles. The van der Waals surface area contributed by atoms with E-state index in [1.54, 1.807) is 54.9 Å². The second-order valence-corrected chi connectivity index (χ2v) is 6.36. The molecular weight excluding hydrogens is 372 g/mol. The highest BCUT2D eigenvalue weighted by Crippen LogP contribution is 2.31. The number of phenolic OH excluding ortho intramolecular Hbond substituents is 2. The molecule has 0 amide bonds. The number of hydrogen-bond donors (Lipinski definition) is 4. The molecule has 0 aliphatic rings. The normalized spacial score (nSPS) is 10.8. The first-order valence-corrected chi connectivity index (χ1v) is 8.75. The van der Waals surface area contributed by atoms with Crippen LogP contribution < -0.4 is 21.5 Å². The van der Waals surface area contributed by atoms with E-state index in [0.717, 1.165) is 5.56 Å². The van der Waals surface area contributed by atoms with Crippen LogP contribution in [0.2, 0.25) is 0 Å². The Kier molecular flexibility index (Phi) is 4.66. The summed E-state index contributed by atoms with van der Waals surface area (Å²) in [5.74, 6) is 0.447. The van der Waals surface area contributed by atoms with Gasteiger partial charge in [0.15, 0.2) is 5.82 Å². The van der Waals surface area contributed by atoms with Crippen LogP contribution in [-0.4, -0.2) is 20.2 Å². The van der Waals surface area contributed by atoms with Crippen LogP contribution in [-0.2, 0) is 6.54 Å². The van der Waals surface area contributed by atoms with Crippen LogP contribution in [0.15, 0.2) is 70.5 Å². The van der Waals surface area contributed by atoms with Crippen LogP contribution in [0.4, 0.5) is 17.1 Å². The zero-order valence-corrected chi connectivity index (χ0v) is 15.1. The maximum Gasteiger partial charge on any atom is 0.253 e. The van der Waals surface area contributed by atoms with Gasteiger partial charge in [-0.3, -0.25) is 9.59 Å². The molecule has 4 N–H and O–H groups in total. The van der Waals surface area contributed by atoms with Crippen LogP contribution >= 0.6 is 0 Å². The van der Waals surface area contributed by atoms with Gasteiger partial charge in [0, 0.05) is 24.6 Å². The van der Waals surface area contributed by atoms with Gasteiger partial charge in [-0.05, 0) is 42.0 Å². The lowest BCUT2D eigenvalue weighted by Crippen LogP contribution is -2.36. The van der Waals surface area contributed by atoms with Crippen LogP contribution in [0.3, 0.4) is 0 Å². The van der Waals surface area contributed by atoms with Crippen LogP contribution in [0, 0.1) is 0 Å². The Hall–Kier alpha value is -4.20. The number of anilines is 3. The minimum absolute atomic E-state index is 0.00558. The molecule has 0 atom stereocenters. The fraction of sp³-hybridized carbons (Fsp3) is 0.0476. The molecule has 0 spiro atoms. The van der Waals surface area contributed by atoms with E-state index in [4.69, 9.17) is 0 Å².